The molecule has 1 N–H and O–H groups in total. The fourth-order valence-electron chi connectivity index (χ4n) is 1.39. The van der Waals surface area contributed by atoms with Crippen molar-refractivity contribution in [1.29, 1.82) is 5.26 Å². The normalized spacial score (nSPS) is 12.1. The molecular formula is C14H13ClN2O4. The number of ether oxygens (including phenoxy) is 1. The number of halogens is 1. The number of nitrogens with zero attached hydrogens (tertiary/aromatic N) is 2. The third-order valence-electron chi connectivity index (χ3n) is 2.32. The maximum absolute atomic E-state index is 11.6. The molecule has 0 aliphatic heterocycles. The summed E-state index contributed by atoms with van der Waals surface area (Å²) in [6, 6.07) is 6.03. The monoisotopic (exact) mass is 308 g/mol. The molecule has 1 aromatic carbocycles. The molecule has 0 aliphatic carbocycles. The first kappa shape index (κ1) is 16.7. The molecule has 1 aromatic rings. The van der Waals surface area contributed by atoms with Gasteiger partial charge in [0.2, 0.25) is 0 Å². The van der Waals surface area contributed by atoms with E-state index in [0.29, 0.717) is 0 Å². The molecule has 1 unspecified atom stereocenters. The van der Waals surface area contributed by atoms with Crippen molar-refractivity contribution in [2.75, 3.05) is 0 Å². The average Bonchev–Trinajstić information content (AvgIpc) is 2.39. The second-order valence-electron chi connectivity index (χ2n) is 4.31. The molecule has 0 saturated heterocycles. The number of esters is 1. The summed E-state index contributed by atoms with van der Waals surface area (Å²) < 4.78 is 4.90. The van der Waals surface area contributed by atoms with Gasteiger partial charge >= 0.3 is 11.9 Å². The second-order valence-corrected chi connectivity index (χ2v) is 4.69. The number of carbonyl (C=O) groups is 2. The number of hydrogen-bond donors (Lipinski definition) is 1. The van der Waals surface area contributed by atoms with Gasteiger partial charge in [0.05, 0.1) is 28.4 Å². The Hall–Kier alpha value is -2.39. The molecule has 0 amide bonds. The molecule has 1 atom stereocenters. The van der Waals surface area contributed by atoms with Gasteiger partial charge in [-0.05, 0) is 26.0 Å². The van der Waals surface area contributed by atoms with Gasteiger partial charge in [0, 0.05) is 6.21 Å². The van der Waals surface area contributed by atoms with Crippen molar-refractivity contribution < 1.29 is 19.4 Å². The Labute approximate surface area is 126 Å². The van der Waals surface area contributed by atoms with Crippen LogP contribution in [0.1, 0.15) is 24.2 Å². The summed E-state index contributed by atoms with van der Waals surface area (Å²) in [5, 5.41) is 17.8. The molecule has 7 heteroatoms. The first-order valence-electron chi connectivity index (χ1n) is 6.03. The van der Waals surface area contributed by atoms with E-state index in [0.717, 1.165) is 6.21 Å². The molecule has 0 saturated carbocycles. The Morgan fingerprint density at radius 3 is 2.67 bits per heavy atom. The summed E-state index contributed by atoms with van der Waals surface area (Å²) in [6.07, 6.45) is 0.734. The Morgan fingerprint density at radius 1 is 1.48 bits per heavy atom. The highest BCUT2D eigenvalue weighted by Crippen LogP contribution is 2.28. The molecule has 0 spiro atoms. The van der Waals surface area contributed by atoms with E-state index in [2.05, 4.69) is 4.99 Å². The lowest BCUT2D eigenvalue weighted by Crippen LogP contribution is -2.20. The summed E-state index contributed by atoms with van der Waals surface area (Å²) in [5.74, 6) is -3.09. The number of benzene rings is 1. The van der Waals surface area contributed by atoms with E-state index in [9.17, 15) is 9.59 Å². The molecule has 6 nitrogen and oxygen atoms in total. The van der Waals surface area contributed by atoms with Crippen LogP contribution >= 0.6 is 11.6 Å². The van der Waals surface area contributed by atoms with Crippen molar-refractivity contribution in [2.45, 2.75) is 20.0 Å². The van der Waals surface area contributed by atoms with E-state index < -0.39 is 17.9 Å². The summed E-state index contributed by atoms with van der Waals surface area (Å²) in [6.45, 7) is 3.33. The molecule has 0 aromatic heterocycles. The standard InChI is InChI=1S/C14H13ClN2O4/c1-8(2)21-14(20)9(6-16)7-17-11-5-3-4-10(12(11)15)13(18)19/h3-5,7-9H,1-2H3,(H,18,19). The van der Waals surface area contributed by atoms with Crippen LogP contribution in [0.2, 0.25) is 5.02 Å². The number of hydrogen-bond acceptors (Lipinski definition) is 5. The van der Waals surface area contributed by atoms with Gasteiger partial charge < -0.3 is 9.84 Å². The number of aliphatic imine (C=N–C) groups is 1. The van der Waals surface area contributed by atoms with Crippen LogP contribution in [0, 0.1) is 17.2 Å². The third kappa shape index (κ3) is 4.58. The minimum Gasteiger partial charge on any atom is -0.478 e. The number of rotatable bonds is 5. The number of carboxylic acids is 1. The number of nitriles is 1. The van der Waals surface area contributed by atoms with Crippen molar-refractivity contribution in [3.05, 3.63) is 28.8 Å². The van der Waals surface area contributed by atoms with Crippen LogP contribution in [-0.2, 0) is 9.53 Å². The lowest BCUT2D eigenvalue weighted by atomic mass is 10.2. The fourth-order valence-corrected chi connectivity index (χ4v) is 1.65. The van der Waals surface area contributed by atoms with Gasteiger partial charge in [0.25, 0.3) is 0 Å². The van der Waals surface area contributed by atoms with Gasteiger partial charge in [0.1, 0.15) is 0 Å². The number of aromatic carboxylic acids is 1. The molecular weight excluding hydrogens is 296 g/mol. The average molecular weight is 309 g/mol. The largest absolute Gasteiger partial charge is 0.478 e. The van der Waals surface area contributed by atoms with Crippen LogP contribution in [0.3, 0.4) is 0 Å². The van der Waals surface area contributed by atoms with Crippen molar-refractivity contribution in [3.63, 3.8) is 0 Å². The number of carbonyl (C=O) groups excluding carboxylic acids is 1. The minimum absolute atomic E-state index is 0.0600. The summed E-state index contributed by atoms with van der Waals surface area (Å²) in [7, 11) is 0. The maximum Gasteiger partial charge on any atom is 0.337 e. The summed E-state index contributed by atoms with van der Waals surface area (Å²) in [4.78, 5) is 26.4. The molecule has 0 heterocycles. The highest BCUT2D eigenvalue weighted by molar-refractivity contribution is 6.36. The molecule has 0 bridgehead atoms. The predicted molar refractivity (Wildman–Crippen MR) is 76.9 cm³/mol. The van der Waals surface area contributed by atoms with Gasteiger partial charge in [-0.3, -0.25) is 9.79 Å². The first-order chi connectivity index (χ1) is 9.86. The van der Waals surface area contributed by atoms with Crippen molar-refractivity contribution in [1.82, 2.24) is 0 Å². The topological polar surface area (TPSA) is 99.8 Å². The number of carboxylic acid groups (broad SMARTS) is 1. The van der Waals surface area contributed by atoms with Crippen molar-refractivity contribution in [2.24, 2.45) is 10.9 Å². The van der Waals surface area contributed by atoms with Gasteiger partial charge in [0.15, 0.2) is 5.92 Å². The zero-order valence-corrected chi connectivity index (χ0v) is 12.2. The van der Waals surface area contributed by atoms with Gasteiger partial charge in [-0.25, -0.2) is 4.79 Å². The molecule has 0 aliphatic rings. The second kappa shape index (κ2) is 7.41. The van der Waals surface area contributed by atoms with Crippen LogP contribution in [0.5, 0.6) is 0 Å². The van der Waals surface area contributed by atoms with Gasteiger partial charge in [-0.2, -0.15) is 5.26 Å². The Kier molecular flexibility index (Phi) is 5.88. The molecule has 21 heavy (non-hydrogen) atoms. The molecule has 1 rings (SSSR count). The van der Waals surface area contributed by atoms with E-state index in [4.69, 9.17) is 26.7 Å². The minimum atomic E-state index is -1.19. The van der Waals surface area contributed by atoms with Crippen LogP contribution in [0.15, 0.2) is 23.2 Å². The Bertz CT molecular complexity index is 620. The van der Waals surface area contributed by atoms with Crippen LogP contribution in [-0.4, -0.2) is 29.4 Å². The van der Waals surface area contributed by atoms with E-state index in [-0.39, 0.29) is 22.4 Å². The molecule has 0 fully saturated rings. The van der Waals surface area contributed by atoms with E-state index in [1.165, 1.54) is 18.2 Å². The summed E-state index contributed by atoms with van der Waals surface area (Å²) in [5.41, 5.74) is 0.0544. The van der Waals surface area contributed by atoms with Crippen molar-refractivity contribution in [3.8, 4) is 6.07 Å². The quantitative estimate of drug-likeness (QED) is 0.666. The Balaban J connectivity index is 2.99. The van der Waals surface area contributed by atoms with Crippen molar-refractivity contribution >= 4 is 35.4 Å². The molecule has 0 radical (unpaired) electrons. The maximum atomic E-state index is 11.6. The highest BCUT2D eigenvalue weighted by atomic mass is 35.5. The van der Waals surface area contributed by atoms with Crippen LogP contribution in [0.25, 0.3) is 0 Å². The van der Waals surface area contributed by atoms with Crippen LogP contribution in [0.4, 0.5) is 5.69 Å². The fraction of sp³-hybridized carbons (Fsp3) is 0.286. The third-order valence-corrected chi connectivity index (χ3v) is 2.71. The van der Waals surface area contributed by atoms with E-state index in [1.54, 1.807) is 19.9 Å². The lowest BCUT2D eigenvalue weighted by Gasteiger charge is -2.09. The first-order valence-corrected chi connectivity index (χ1v) is 6.40. The van der Waals surface area contributed by atoms with Crippen LogP contribution < -0.4 is 0 Å². The SMILES string of the molecule is CC(C)OC(=O)C(C#N)C=Nc1cccc(C(=O)O)c1Cl. The van der Waals surface area contributed by atoms with E-state index >= 15 is 0 Å². The lowest BCUT2D eigenvalue weighted by molar-refractivity contribution is -0.148. The highest BCUT2D eigenvalue weighted by Gasteiger charge is 2.19. The smallest absolute Gasteiger partial charge is 0.337 e. The molecule has 110 valence electrons. The van der Waals surface area contributed by atoms with Gasteiger partial charge in [-0.1, -0.05) is 17.7 Å². The van der Waals surface area contributed by atoms with E-state index in [1.807, 2.05) is 0 Å². The zero-order valence-electron chi connectivity index (χ0n) is 11.4. The summed E-state index contributed by atoms with van der Waals surface area (Å²) >= 11 is 5.90. The Morgan fingerprint density at radius 2 is 2.14 bits per heavy atom. The zero-order chi connectivity index (χ0) is 16.0. The predicted octanol–water partition coefficient (Wildman–Crippen LogP) is 2.83. The van der Waals surface area contributed by atoms with Gasteiger partial charge in [-0.15, -0.1) is 0 Å².